The molecule has 0 amide bonds. The first kappa shape index (κ1) is 49.4. The molecule has 2 fully saturated rings. The first-order chi connectivity index (χ1) is 34.0. The first-order valence-electron chi connectivity index (χ1n) is 23.2. The number of Topliss-reactive ketones (excluding diaryl/α,β-unsaturated/α-hetero) is 1. The summed E-state index contributed by atoms with van der Waals surface area (Å²) in [4.78, 5) is 40.7. The monoisotopic (exact) mass is 978 g/mol. The summed E-state index contributed by atoms with van der Waals surface area (Å²) in [5, 5.41) is 20.2. The maximum atomic E-state index is 12.6. The van der Waals surface area contributed by atoms with E-state index < -0.39 is 12.0 Å². The highest BCUT2D eigenvalue weighted by molar-refractivity contribution is 6.32. The summed E-state index contributed by atoms with van der Waals surface area (Å²) in [6.07, 6.45) is 11.4. The number of ether oxygens (including phenoxy) is 4. The number of carbonyl (C=O) groups excluding carboxylic acids is 1. The van der Waals surface area contributed by atoms with Gasteiger partial charge in [-0.3, -0.25) is 29.4 Å². The van der Waals surface area contributed by atoms with Crippen LogP contribution in [0.25, 0.3) is 16.0 Å². The van der Waals surface area contributed by atoms with Crippen molar-refractivity contribution in [2.45, 2.75) is 97.0 Å². The number of ketones is 1. The number of piperidine rings is 2. The van der Waals surface area contributed by atoms with Gasteiger partial charge in [0.15, 0.2) is 0 Å². The van der Waals surface area contributed by atoms with Gasteiger partial charge in [0.1, 0.15) is 67.3 Å². The number of carboxylic acid groups (broad SMARTS) is 1. The third-order valence-electron chi connectivity index (χ3n) is 12.6. The second kappa shape index (κ2) is 23.5. The zero-order valence-electron chi connectivity index (χ0n) is 38.8. The summed E-state index contributed by atoms with van der Waals surface area (Å²) in [6, 6.07) is 28.1. The number of hydrogen-bond donors (Lipinski definition) is 1. The zero-order chi connectivity index (χ0) is 49.0. The number of halogens is 2. The van der Waals surface area contributed by atoms with E-state index in [1.807, 2.05) is 47.4 Å². The molecule has 2 saturated heterocycles. The van der Waals surface area contributed by atoms with Crippen LogP contribution in [0.2, 0.25) is 10.0 Å². The van der Waals surface area contributed by atoms with Crippen LogP contribution in [0.15, 0.2) is 110 Å². The zero-order valence-corrected chi connectivity index (χ0v) is 40.3. The van der Waals surface area contributed by atoms with Gasteiger partial charge in [-0.1, -0.05) is 72.4 Å². The Labute approximate surface area is 418 Å². The average molecular weight is 980 g/mol. The normalized spacial score (nSPS) is 16.1. The van der Waals surface area contributed by atoms with Crippen molar-refractivity contribution < 1.29 is 33.6 Å². The molecule has 0 bridgehead atoms. The van der Waals surface area contributed by atoms with E-state index in [-0.39, 0.29) is 38.3 Å². The summed E-state index contributed by atoms with van der Waals surface area (Å²) in [7, 11) is 0. The Balaban J connectivity index is 0.970. The molecular formula is C55H52Cl2N6O7. The molecule has 2 aliphatic rings. The van der Waals surface area contributed by atoms with Crippen LogP contribution in [0.3, 0.4) is 0 Å². The van der Waals surface area contributed by atoms with Crippen molar-refractivity contribution in [2.75, 3.05) is 13.1 Å². The summed E-state index contributed by atoms with van der Waals surface area (Å²) in [5.41, 5.74) is 7.59. The minimum atomic E-state index is -0.852. The van der Waals surface area contributed by atoms with E-state index in [9.17, 15) is 20.0 Å². The van der Waals surface area contributed by atoms with Crippen LogP contribution in [0, 0.1) is 17.9 Å². The van der Waals surface area contributed by atoms with Crippen molar-refractivity contribution in [3.8, 4) is 40.2 Å². The van der Waals surface area contributed by atoms with Crippen molar-refractivity contribution in [1.29, 1.82) is 5.26 Å². The lowest BCUT2D eigenvalue weighted by atomic mass is 9.98. The Morgan fingerprint density at radius 3 is 1.70 bits per heavy atom. The minimum Gasteiger partial charge on any atom is -0.488 e. The summed E-state index contributed by atoms with van der Waals surface area (Å²) in [5.74, 6) is 1.20. The van der Waals surface area contributed by atoms with E-state index >= 15 is 0 Å². The van der Waals surface area contributed by atoms with E-state index in [1.54, 1.807) is 49.6 Å². The topological polar surface area (TPSA) is 152 Å². The van der Waals surface area contributed by atoms with Crippen LogP contribution in [0.1, 0.15) is 84.4 Å². The van der Waals surface area contributed by atoms with Gasteiger partial charge in [-0.25, -0.2) is 4.85 Å². The molecule has 6 aromatic rings. The van der Waals surface area contributed by atoms with Crippen LogP contribution in [0.5, 0.6) is 23.0 Å². The molecule has 70 heavy (non-hydrogen) atoms. The summed E-state index contributed by atoms with van der Waals surface area (Å²) in [6.45, 7) is 12.0. The van der Waals surface area contributed by atoms with Crippen molar-refractivity contribution in [1.82, 2.24) is 19.8 Å². The molecule has 4 aromatic carbocycles. The number of aliphatic carboxylic acids is 1. The third-order valence-corrected chi connectivity index (χ3v) is 13.1. The molecule has 0 radical (unpaired) electrons. The number of carbonyl (C=O) groups is 2. The van der Waals surface area contributed by atoms with Crippen LogP contribution < -0.4 is 18.9 Å². The van der Waals surface area contributed by atoms with Gasteiger partial charge in [-0.2, -0.15) is 5.26 Å². The number of aromatic nitrogens is 2. The second-order valence-electron chi connectivity index (χ2n) is 17.6. The fraction of sp³-hybridized carbons (Fsp3) is 0.309. The lowest BCUT2D eigenvalue weighted by Gasteiger charge is -2.34. The Kier molecular flexibility index (Phi) is 16.6. The predicted molar refractivity (Wildman–Crippen MR) is 266 cm³/mol. The van der Waals surface area contributed by atoms with Gasteiger partial charge in [-0.15, -0.1) is 0 Å². The van der Waals surface area contributed by atoms with E-state index in [2.05, 4.69) is 37.9 Å². The maximum absolute atomic E-state index is 12.6. The molecular weight excluding hydrogens is 928 g/mol. The number of nitrogens with zero attached hydrogens (tertiary/aromatic N) is 6. The number of rotatable bonds is 19. The molecule has 0 aliphatic carbocycles. The SMILES string of the molecule is [C-]#[N+]c1cncc(COc2cc(OCc3cccc(-c4cccc(COc5cc(OCc6cncc(C#N)c6)c(CN6CCCC[C@H]6C(C)=O)cc5Cl)c4)c3)c(Cl)cc2CN2CCCC[C@H]2C(=O)O)c1. The van der Waals surface area contributed by atoms with Crippen molar-refractivity contribution >= 4 is 40.6 Å². The maximum Gasteiger partial charge on any atom is 0.320 e. The molecule has 0 unspecified atom stereocenters. The molecule has 0 saturated carbocycles. The highest BCUT2D eigenvalue weighted by Crippen LogP contribution is 2.38. The lowest BCUT2D eigenvalue weighted by molar-refractivity contribution is -0.144. The van der Waals surface area contributed by atoms with Crippen LogP contribution in [0.4, 0.5) is 5.69 Å². The number of likely N-dealkylation sites (tertiary alicyclic amines) is 2. The van der Waals surface area contributed by atoms with Gasteiger partial charge in [0, 0.05) is 66.7 Å². The highest BCUT2D eigenvalue weighted by atomic mass is 35.5. The highest BCUT2D eigenvalue weighted by Gasteiger charge is 2.30. The molecule has 1 N–H and O–H groups in total. The number of nitriles is 1. The average Bonchev–Trinajstić information content (AvgIpc) is 3.38. The van der Waals surface area contributed by atoms with E-state index in [1.165, 1.54) is 12.4 Å². The van der Waals surface area contributed by atoms with Crippen LogP contribution >= 0.6 is 23.2 Å². The van der Waals surface area contributed by atoms with Gasteiger partial charge in [-0.05, 0) is 110 Å². The summed E-state index contributed by atoms with van der Waals surface area (Å²) < 4.78 is 25.4. The standard InChI is InChI=1S/C55H52Cl2N6O7/c1-36(64)49-13-3-5-15-62(49)30-44-21-47(56)53(23-51(44)67-34-40-17-39(25-58)26-60-27-40)69-32-37-9-7-11-42(18-37)43-12-8-10-38(19-43)33-70-54-24-52(68-35-41-20-46(59-2)29-61-28-41)45(22-48(54)57)31-63-16-6-4-14-50(63)55(65)66/h7-12,17-24,26-29,49-50H,3-6,13-16,30-35H2,1H3,(H,65,66)/t49-,50-/m0/s1. The molecule has 8 rings (SSSR count). The fourth-order valence-electron chi connectivity index (χ4n) is 8.99. The van der Waals surface area contributed by atoms with Gasteiger partial charge in [0.05, 0.1) is 28.2 Å². The largest absolute Gasteiger partial charge is 0.488 e. The van der Waals surface area contributed by atoms with Gasteiger partial charge in [0.2, 0.25) is 5.69 Å². The van der Waals surface area contributed by atoms with Crippen LogP contribution in [-0.2, 0) is 49.1 Å². The smallest absolute Gasteiger partial charge is 0.320 e. The number of hydrogen-bond acceptors (Lipinski definition) is 11. The fourth-order valence-corrected chi connectivity index (χ4v) is 9.48. The molecule has 13 nitrogen and oxygen atoms in total. The van der Waals surface area contributed by atoms with Gasteiger partial charge < -0.3 is 24.1 Å². The van der Waals surface area contributed by atoms with Crippen molar-refractivity contribution in [3.63, 3.8) is 0 Å². The first-order valence-corrected chi connectivity index (χ1v) is 24.0. The molecule has 4 heterocycles. The quantitative estimate of drug-likeness (QED) is 0.0769. The molecule has 2 aromatic heterocycles. The molecule has 2 aliphatic heterocycles. The lowest BCUT2D eigenvalue weighted by Crippen LogP contribution is -2.44. The second-order valence-corrected chi connectivity index (χ2v) is 18.4. The van der Waals surface area contributed by atoms with E-state index in [0.717, 1.165) is 77.6 Å². The Hall–Kier alpha value is -7.00. The Bertz CT molecular complexity index is 2740. The molecule has 358 valence electrons. The molecule has 15 heteroatoms. The van der Waals surface area contributed by atoms with Gasteiger partial charge in [0.25, 0.3) is 0 Å². The third kappa shape index (κ3) is 12.8. The summed E-state index contributed by atoms with van der Waals surface area (Å²) >= 11 is 13.8. The Morgan fingerprint density at radius 1 is 0.671 bits per heavy atom. The minimum absolute atomic E-state index is 0.134. The Morgan fingerprint density at radius 2 is 1.17 bits per heavy atom. The predicted octanol–water partition coefficient (Wildman–Crippen LogP) is 11.6. The number of pyridine rings is 2. The van der Waals surface area contributed by atoms with Crippen molar-refractivity contribution in [2.24, 2.45) is 0 Å². The van der Waals surface area contributed by atoms with E-state index in [4.69, 9.17) is 48.7 Å². The van der Waals surface area contributed by atoms with E-state index in [0.29, 0.717) is 75.9 Å². The number of benzene rings is 4. The van der Waals surface area contributed by atoms with Crippen LogP contribution in [-0.4, -0.2) is 61.8 Å². The van der Waals surface area contributed by atoms with Gasteiger partial charge >= 0.3 is 5.97 Å². The van der Waals surface area contributed by atoms with Crippen molar-refractivity contribution in [3.05, 3.63) is 170 Å². The number of carboxylic acids is 1. The molecule has 2 atom stereocenters. The molecule has 0 spiro atoms.